The highest BCUT2D eigenvalue weighted by molar-refractivity contribution is 6.17. The molecule has 1 aromatic heterocycles. The van der Waals surface area contributed by atoms with Crippen molar-refractivity contribution in [1.29, 1.82) is 0 Å². The zero-order valence-electron chi connectivity index (χ0n) is 8.87. The number of para-hydroxylation sites is 1. The Morgan fingerprint density at radius 2 is 2.00 bits per heavy atom. The summed E-state index contributed by atoms with van der Waals surface area (Å²) in [5, 5.41) is 0. The minimum Gasteiger partial charge on any atom is -0.303 e. The van der Waals surface area contributed by atoms with Gasteiger partial charge in [-0.15, -0.1) is 11.6 Å². The predicted molar refractivity (Wildman–Crippen MR) is 62.6 cm³/mol. The molecule has 3 heteroatoms. The summed E-state index contributed by atoms with van der Waals surface area (Å²) in [7, 11) is 0. The zero-order chi connectivity index (χ0) is 10.8. The first-order valence-corrected chi connectivity index (χ1v) is 5.42. The van der Waals surface area contributed by atoms with Gasteiger partial charge in [0.1, 0.15) is 0 Å². The van der Waals surface area contributed by atoms with Crippen LogP contribution in [0.2, 0.25) is 0 Å². The molecule has 0 atom stereocenters. The fraction of sp³-hybridized carbons (Fsp3) is 0.250. The first-order chi connectivity index (χ1) is 7.24. The van der Waals surface area contributed by atoms with Crippen molar-refractivity contribution in [1.82, 2.24) is 9.55 Å². The van der Waals surface area contributed by atoms with Gasteiger partial charge in [0.15, 0.2) is 0 Å². The maximum atomic E-state index is 5.91. The quantitative estimate of drug-likeness (QED) is 0.711. The van der Waals surface area contributed by atoms with Gasteiger partial charge in [0.05, 0.1) is 17.7 Å². The van der Waals surface area contributed by atoms with Gasteiger partial charge in [-0.1, -0.05) is 18.2 Å². The van der Waals surface area contributed by atoms with E-state index in [1.165, 1.54) is 0 Å². The Morgan fingerprint density at radius 1 is 1.27 bits per heavy atom. The van der Waals surface area contributed by atoms with Crippen LogP contribution in [0, 0.1) is 13.8 Å². The number of aromatic nitrogens is 2. The number of alkyl halides is 1. The van der Waals surface area contributed by atoms with Crippen molar-refractivity contribution in [2.45, 2.75) is 19.7 Å². The van der Waals surface area contributed by atoms with Gasteiger partial charge in [-0.2, -0.15) is 0 Å². The third kappa shape index (κ3) is 1.77. The molecule has 0 spiro atoms. The predicted octanol–water partition coefficient (Wildman–Crippen LogP) is 3.23. The van der Waals surface area contributed by atoms with Crippen molar-refractivity contribution in [3.05, 3.63) is 47.5 Å². The molecule has 0 saturated carbocycles. The van der Waals surface area contributed by atoms with Gasteiger partial charge in [-0.3, -0.25) is 0 Å². The Bertz CT molecular complexity index is 474. The van der Waals surface area contributed by atoms with E-state index in [9.17, 15) is 0 Å². The van der Waals surface area contributed by atoms with E-state index < -0.39 is 0 Å². The molecule has 78 valence electrons. The minimum atomic E-state index is 0.521. The molecule has 2 rings (SSSR count). The summed E-state index contributed by atoms with van der Waals surface area (Å²) in [4.78, 5) is 4.29. The number of hydrogen-bond donors (Lipinski definition) is 0. The van der Waals surface area contributed by atoms with Crippen LogP contribution in [0.3, 0.4) is 0 Å². The Kier molecular flexibility index (Phi) is 2.78. The van der Waals surface area contributed by atoms with Crippen LogP contribution in [-0.4, -0.2) is 9.55 Å². The van der Waals surface area contributed by atoms with E-state index in [0.29, 0.717) is 5.88 Å². The smallest absolute Gasteiger partial charge is 0.0997 e. The highest BCUT2D eigenvalue weighted by Crippen LogP contribution is 2.19. The molecule has 0 aliphatic heterocycles. The van der Waals surface area contributed by atoms with Crippen molar-refractivity contribution in [3.63, 3.8) is 0 Å². The standard InChI is InChI=1S/C12H13ClN2/c1-9-10(2)15(8-14-9)12-6-4-3-5-11(12)7-13/h3-6,8H,7H2,1-2H3. The van der Waals surface area contributed by atoms with Crippen LogP contribution < -0.4 is 0 Å². The van der Waals surface area contributed by atoms with E-state index >= 15 is 0 Å². The van der Waals surface area contributed by atoms with Crippen LogP contribution in [0.1, 0.15) is 17.0 Å². The van der Waals surface area contributed by atoms with Gasteiger partial charge in [-0.05, 0) is 25.5 Å². The molecule has 0 fully saturated rings. The molecular formula is C12H13ClN2. The lowest BCUT2D eigenvalue weighted by molar-refractivity contribution is 0.985. The molecule has 0 N–H and O–H groups in total. The van der Waals surface area contributed by atoms with E-state index in [1.54, 1.807) is 0 Å². The number of rotatable bonds is 2. The van der Waals surface area contributed by atoms with Crippen LogP contribution in [-0.2, 0) is 5.88 Å². The third-order valence-electron chi connectivity index (χ3n) is 2.65. The number of nitrogens with zero attached hydrogens (tertiary/aromatic N) is 2. The first-order valence-electron chi connectivity index (χ1n) is 4.89. The third-order valence-corrected chi connectivity index (χ3v) is 2.93. The van der Waals surface area contributed by atoms with Crippen LogP contribution in [0.5, 0.6) is 0 Å². The summed E-state index contributed by atoms with van der Waals surface area (Å²) >= 11 is 5.91. The lowest BCUT2D eigenvalue weighted by Gasteiger charge is -2.09. The van der Waals surface area contributed by atoms with Crippen molar-refractivity contribution in [2.24, 2.45) is 0 Å². The molecule has 15 heavy (non-hydrogen) atoms. The largest absolute Gasteiger partial charge is 0.303 e. The van der Waals surface area contributed by atoms with Crippen LogP contribution in [0.25, 0.3) is 5.69 Å². The summed E-state index contributed by atoms with van der Waals surface area (Å²) in [6.45, 7) is 4.07. The van der Waals surface area contributed by atoms with Crippen molar-refractivity contribution >= 4 is 11.6 Å². The van der Waals surface area contributed by atoms with Gasteiger partial charge < -0.3 is 4.57 Å². The molecule has 1 heterocycles. The second kappa shape index (κ2) is 4.07. The number of hydrogen-bond acceptors (Lipinski definition) is 1. The molecule has 0 aliphatic carbocycles. The number of aryl methyl sites for hydroxylation is 1. The summed E-state index contributed by atoms with van der Waals surface area (Å²) in [5.41, 5.74) is 4.46. The monoisotopic (exact) mass is 220 g/mol. The SMILES string of the molecule is Cc1ncn(-c2ccccc2CCl)c1C. The second-order valence-corrected chi connectivity index (χ2v) is 3.81. The fourth-order valence-corrected chi connectivity index (χ4v) is 1.83. The zero-order valence-corrected chi connectivity index (χ0v) is 9.62. The lowest BCUT2D eigenvalue weighted by Crippen LogP contribution is -1.99. The number of halogens is 1. The molecule has 0 aliphatic rings. The first kappa shape index (κ1) is 10.2. The summed E-state index contributed by atoms with van der Waals surface area (Å²) in [6.07, 6.45) is 1.84. The van der Waals surface area contributed by atoms with E-state index in [-0.39, 0.29) is 0 Å². The van der Waals surface area contributed by atoms with E-state index in [1.807, 2.05) is 31.5 Å². The molecule has 0 amide bonds. The summed E-state index contributed by atoms with van der Waals surface area (Å²) < 4.78 is 2.08. The van der Waals surface area contributed by atoms with Crippen molar-refractivity contribution in [3.8, 4) is 5.69 Å². The number of imidazole rings is 1. The lowest BCUT2D eigenvalue weighted by atomic mass is 10.2. The molecule has 2 nitrogen and oxygen atoms in total. The Labute approximate surface area is 94.5 Å². The minimum absolute atomic E-state index is 0.521. The van der Waals surface area contributed by atoms with Gasteiger partial charge in [0, 0.05) is 11.6 Å². The topological polar surface area (TPSA) is 17.8 Å². The van der Waals surface area contributed by atoms with E-state index in [2.05, 4.69) is 22.5 Å². The number of benzene rings is 1. The van der Waals surface area contributed by atoms with E-state index in [4.69, 9.17) is 11.6 Å². The maximum Gasteiger partial charge on any atom is 0.0997 e. The highest BCUT2D eigenvalue weighted by atomic mass is 35.5. The molecule has 0 saturated heterocycles. The van der Waals surface area contributed by atoms with Gasteiger partial charge >= 0.3 is 0 Å². The van der Waals surface area contributed by atoms with Gasteiger partial charge in [0.25, 0.3) is 0 Å². The average Bonchev–Trinajstić information content (AvgIpc) is 2.60. The molecule has 0 bridgehead atoms. The molecule has 2 aromatic rings. The fourth-order valence-electron chi connectivity index (χ4n) is 1.60. The Morgan fingerprint density at radius 3 is 2.60 bits per heavy atom. The highest BCUT2D eigenvalue weighted by Gasteiger charge is 2.07. The summed E-state index contributed by atoms with van der Waals surface area (Å²) in [5.74, 6) is 0.521. The van der Waals surface area contributed by atoms with Crippen molar-refractivity contribution in [2.75, 3.05) is 0 Å². The normalized spacial score (nSPS) is 10.6. The summed E-state index contributed by atoms with van der Waals surface area (Å²) in [6, 6.07) is 8.11. The molecular weight excluding hydrogens is 208 g/mol. The van der Waals surface area contributed by atoms with Crippen LogP contribution in [0.15, 0.2) is 30.6 Å². The van der Waals surface area contributed by atoms with Gasteiger partial charge in [-0.25, -0.2) is 4.98 Å². The average molecular weight is 221 g/mol. The molecule has 1 aromatic carbocycles. The Hall–Kier alpha value is -1.28. The van der Waals surface area contributed by atoms with Gasteiger partial charge in [0.2, 0.25) is 0 Å². The second-order valence-electron chi connectivity index (χ2n) is 3.55. The Balaban J connectivity index is 2.58. The van der Waals surface area contributed by atoms with E-state index in [0.717, 1.165) is 22.6 Å². The van der Waals surface area contributed by atoms with Crippen molar-refractivity contribution < 1.29 is 0 Å². The van der Waals surface area contributed by atoms with Crippen LogP contribution in [0.4, 0.5) is 0 Å². The molecule has 0 radical (unpaired) electrons. The molecule has 0 unspecified atom stereocenters. The maximum absolute atomic E-state index is 5.91. The van der Waals surface area contributed by atoms with Crippen LogP contribution >= 0.6 is 11.6 Å².